The summed E-state index contributed by atoms with van der Waals surface area (Å²) in [5.41, 5.74) is 0. The Labute approximate surface area is 60.1 Å². The van der Waals surface area contributed by atoms with Crippen LogP contribution in [0.15, 0.2) is 0 Å². The van der Waals surface area contributed by atoms with Crippen LogP contribution in [0.2, 0.25) is 0 Å². The summed E-state index contributed by atoms with van der Waals surface area (Å²) < 4.78 is 0. The second-order valence-corrected chi connectivity index (χ2v) is 3.34. The number of aliphatic hydroxyl groups excluding tert-OH is 2. The van der Waals surface area contributed by atoms with Gasteiger partial charge in [-0.1, -0.05) is 0 Å². The van der Waals surface area contributed by atoms with Crippen molar-refractivity contribution in [1.82, 2.24) is 5.32 Å². The predicted octanol–water partition coefficient (Wildman–Crippen LogP) is -0.768. The van der Waals surface area contributed by atoms with Crippen molar-refractivity contribution < 1.29 is 10.2 Å². The van der Waals surface area contributed by atoms with E-state index in [1.807, 2.05) is 0 Å². The zero-order chi connectivity index (χ0) is 7.14. The van der Waals surface area contributed by atoms with Gasteiger partial charge in [-0.3, -0.25) is 0 Å². The first kappa shape index (κ1) is 6.58. The van der Waals surface area contributed by atoms with Crippen molar-refractivity contribution >= 4 is 0 Å². The fourth-order valence-electron chi connectivity index (χ4n) is 2.00. The van der Waals surface area contributed by atoms with Crippen molar-refractivity contribution in [2.24, 2.45) is 0 Å². The molecule has 2 heterocycles. The Balaban J connectivity index is 2.09. The molecule has 0 aliphatic carbocycles. The molecule has 2 aliphatic rings. The number of nitrogens with one attached hydrogen (secondary N) is 1. The van der Waals surface area contributed by atoms with E-state index in [2.05, 4.69) is 5.32 Å². The molecule has 4 atom stereocenters. The highest BCUT2D eigenvalue weighted by Gasteiger charge is 2.39. The summed E-state index contributed by atoms with van der Waals surface area (Å²) in [5.74, 6) is 0. The molecule has 3 N–H and O–H groups in total. The van der Waals surface area contributed by atoms with Crippen LogP contribution in [-0.4, -0.2) is 34.5 Å². The molecule has 0 aromatic heterocycles. The van der Waals surface area contributed by atoms with E-state index in [4.69, 9.17) is 0 Å². The minimum atomic E-state index is -0.529. The summed E-state index contributed by atoms with van der Waals surface area (Å²) in [7, 11) is 0. The summed E-state index contributed by atoms with van der Waals surface area (Å²) in [6, 6.07) is 0.622. The lowest BCUT2D eigenvalue weighted by Crippen LogP contribution is -2.51. The van der Waals surface area contributed by atoms with Gasteiger partial charge in [-0.15, -0.1) is 0 Å². The molecule has 2 aliphatic heterocycles. The van der Waals surface area contributed by atoms with Gasteiger partial charge in [0.25, 0.3) is 0 Å². The van der Waals surface area contributed by atoms with E-state index in [0.717, 1.165) is 19.3 Å². The first-order chi connectivity index (χ1) is 4.77. The van der Waals surface area contributed by atoms with Crippen molar-refractivity contribution in [1.29, 1.82) is 0 Å². The monoisotopic (exact) mass is 143 g/mol. The molecule has 10 heavy (non-hydrogen) atoms. The Hall–Kier alpha value is -0.120. The van der Waals surface area contributed by atoms with Crippen molar-refractivity contribution in [3.63, 3.8) is 0 Å². The lowest BCUT2D eigenvalue weighted by Gasteiger charge is -2.30. The zero-order valence-corrected chi connectivity index (χ0v) is 5.83. The summed E-state index contributed by atoms with van der Waals surface area (Å²) in [5, 5.41) is 21.9. The van der Waals surface area contributed by atoms with Gasteiger partial charge in [-0.2, -0.15) is 0 Å². The highest BCUT2D eigenvalue weighted by Crippen LogP contribution is 2.26. The van der Waals surface area contributed by atoms with Gasteiger partial charge in [0, 0.05) is 12.1 Å². The summed E-state index contributed by atoms with van der Waals surface area (Å²) in [6.07, 6.45) is 1.83. The van der Waals surface area contributed by atoms with Crippen molar-refractivity contribution in [3.05, 3.63) is 0 Å². The summed E-state index contributed by atoms with van der Waals surface area (Å²) in [6.45, 7) is 0. The summed E-state index contributed by atoms with van der Waals surface area (Å²) >= 11 is 0. The van der Waals surface area contributed by atoms with Crippen LogP contribution in [0.25, 0.3) is 0 Å². The van der Waals surface area contributed by atoms with Gasteiger partial charge in [-0.05, 0) is 19.3 Å². The third-order valence-corrected chi connectivity index (χ3v) is 2.61. The van der Waals surface area contributed by atoms with E-state index in [1.54, 1.807) is 0 Å². The molecular formula is C7H13NO2. The molecule has 2 rings (SSSR count). The largest absolute Gasteiger partial charge is 0.390 e. The third kappa shape index (κ3) is 0.856. The minimum Gasteiger partial charge on any atom is -0.390 e. The van der Waals surface area contributed by atoms with Crippen LogP contribution in [0.4, 0.5) is 0 Å². The van der Waals surface area contributed by atoms with Gasteiger partial charge in [0.15, 0.2) is 0 Å². The lowest BCUT2D eigenvalue weighted by atomic mass is 10.00. The third-order valence-electron chi connectivity index (χ3n) is 2.61. The molecule has 3 heteroatoms. The van der Waals surface area contributed by atoms with Crippen LogP contribution in [0.3, 0.4) is 0 Å². The molecule has 0 unspecified atom stereocenters. The van der Waals surface area contributed by atoms with Crippen LogP contribution < -0.4 is 5.32 Å². The van der Waals surface area contributed by atoms with Gasteiger partial charge >= 0.3 is 0 Å². The lowest BCUT2D eigenvalue weighted by molar-refractivity contribution is -0.0237. The maximum atomic E-state index is 9.35. The zero-order valence-electron chi connectivity index (χ0n) is 5.83. The highest BCUT2D eigenvalue weighted by atomic mass is 16.3. The predicted molar refractivity (Wildman–Crippen MR) is 36.6 cm³/mol. The van der Waals surface area contributed by atoms with Crippen LogP contribution in [0.5, 0.6) is 0 Å². The number of fused-ring (bicyclic) bond motifs is 2. The van der Waals surface area contributed by atoms with Gasteiger partial charge < -0.3 is 15.5 Å². The van der Waals surface area contributed by atoms with E-state index in [1.165, 1.54) is 0 Å². The van der Waals surface area contributed by atoms with Gasteiger partial charge in [0.2, 0.25) is 0 Å². The molecular weight excluding hydrogens is 130 g/mol. The van der Waals surface area contributed by atoms with Gasteiger partial charge in [-0.25, -0.2) is 0 Å². The van der Waals surface area contributed by atoms with Crippen molar-refractivity contribution in [2.75, 3.05) is 0 Å². The molecule has 0 amide bonds. The maximum absolute atomic E-state index is 9.35. The molecule has 3 nitrogen and oxygen atoms in total. The Morgan fingerprint density at radius 2 is 2.00 bits per heavy atom. The molecule has 0 saturated carbocycles. The Kier molecular flexibility index (Phi) is 1.44. The summed E-state index contributed by atoms with van der Waals surface area (Å²) in [4.78, 5) is 0. The van der Waals surface area contributed by atoms with E-state index < -0.39 is 12.2 Å². The first-order valence-electron chi connectivity index (χ1n) is 3.89. The first-order valence-corrected chi connectivity index (χ1v) is 3.89. The van der Waals surface area contributed by atoms with E-state index in [0.29, 0.717) is 6.04 Å². The smallest absolute Gasteiger partial charge is 0.0952 e. The second-order valence-electron chi connectivity index (χ2n) is 3.34. The standard InChI is InChI=1S/C7H13NO2/c9-6-3-4-1-2-5(8-4)7(6)10/h4-10H,1-3H2/t4-,5+,6+,7+/m0/s1. The Morgan fingerprint density at radius 3 is 2.80 bits per heavy atom. The van der Waals surface area contributed by atoms with Gasteiger partial charge in [0.05, 0.1) is 12.2 Å². The second kappa shape index (κ2) is 2.19. The molecule has 58 valence electrons. The molecule has 0 aromatic carbocycles. The fraction of sp³-hybridized carbons (Fsp3) is 1.00. The average molecular weight is 143 g/mol. The minimum absolute atomic E-state index is 0.161. The Morgan fingerprint density at radius 1 is 1.20 bits per heavy atom. The number of piperidine rings is 1. The van der Waals surface area contributed by atoms with Crippen LogP contribution in [-0.2, 0) is 0 Å². The van der Waals surface area contributed by atoms with Gasteiger partial charge in [0.1, 0.15) is 0 Å². The molecule has 0 radical (unpaired) electrons. The number of hydrogen-bond donors (Lipinski definition) is 3. The topological polar surface area (TPSA) is 52.5 Å². The van der Waals surface area contributed by atoms with Crippen molar-refractivity contribution in [3.8, 4) is 0 Å². The highest BCUT2D eigenvalue weighted by molar-refractivity contribution is 4.97. The average Bonchev–Trinajstić information content (AvgIpc) is 2.29. The maximum Gasteiger partial charge on any atom is 0.0952 e. The fourth-order valence-corrected chi connectivity index (χ4v) is 2.00. The van der Waals surface area contributed by atoms with E-state index in [-0.39, 0.29) is 6.04 Å². The molecule has 2 saturated heterocycles. The number of aliphatic hydroxyl groups is 2. The van der Waals surface area contributed by atoms with E-state index >= 15 is 0 Å². The number of rotatable bonds is 0. The molecule has 2 bridgehead atoms. The number of hydrogen-bond acceptors (Lipinski definition) is 3. The quantitative estimate of drug-likeness (QED) is 0.417. The molecule has 0 spiro atoms. The van der Waals surface area contributed by atoms with E-state index in [9.17, 15) is 10.2 Å². The van der Waals surface area contributed by atoms with Crippen LogP contribution >= 0.6 is 0 Å². The molecule has 2 fully saturated rings. The normalized spacial score (nSPS) is 53.4. The SMILES string of the molecule is O[C@H]1[C@H](O)C[C@@H]2CC[C@H]1N2. The van der Waals surface area contributed by atoms with Crippen molar-refractivity contribution in [2.45, 2.75) is 43.6 Å². The molecule has 0 aromatic rings. The van der Waals surface area contributed by atoms with Crippen LogP contribution in [0.1, 0.15) is 19.3 Å². The van der Waals surface area contributed by atoms with Crippen LogP contribution in [0, 0.1) is 0 Å². The Bertz CT molecular complexity index is 140.